The van der Waals surface area contributed by atoms with Gasteiger partial charge in [-0.25, -0.2) is 18.2 Å². The summed E-state index contributed by atoms with van der Waals surface area (Å²) in [7, 11) is 0. The molecule has 3 rings (SSSR count). The Morgan fingerprint density at radius 3 is 2.71 bits per heavy atom. The molecule has 2 heterocycles. The number of benzene rings is 1. The summed E-state index contributed by atoms with van der Waals surface area (Å²) < 4.78 is 41.4. The molecule has 0 saturated heterocycles. The maximum atomic E-state index is 13.7. The van der Waals surface area contributed by atoms with E-state index in [2.05, 4.69) is 15.0 Å². The summed E-state index contributed by atoms with van der Waals surface area (Å²) in [6.07, 6.45) is 1.31. The number of halogens is 4. The third kappa shape index (κ3) is 2.38. The van der Waals surface area contributed by atoms with E-state index >= 15 is 0 Å². The van der Waals surface area contributed by atoms with Crippen molar-refractivity contribution in [2.24, 2.45) is 0 Å². The Balaban J connectivity index is 2.11. The number of nitrogens with two attached hydrogens (primary N) is 1. The molecule has 0 saturated carbocycles. The van der Waals surface area contributed by atoms with Crippen LogP contribution in [0.5, 0.6) is 0 Å². The first-order valence-electron chi connectivity index (χ1n) is 5.73. The maximum Gasteiger partial charge on any atom is 0.223 e. The molecule has 1 aromatic carbocycles. The van der Waals surface area contributed by atoms with Gasteiger partial charge in [0.2, 0.25) is 5.95 Å². The Morgan fingerprint density at radius 1 is 1.19 bits per heavy atom. The second-order valence-electron chi connectivity index (χ2n) is 4.28. The molecule has 9 heteroatoms. The quantitative estimate of drug-likeness (QED) is 0.583. The molecule has 2 N–H and O–H groups in total. The van der Waals surface area contributed by atoms with E-state index in [0.717, 1.165) is 6.07 Å². The van der Waals surface area contributed by atoms with Gasteiger partial charge >= 0.3 is 0 Å². The lowest BCUT2D eigenvalue weighted by Gasteiger charge is -2.07. The van der Waals surface area contributed by atoms with Gasteiger partial charge in [-0.3, -0.25) is 0 Å². The summed E-state index contributed by atoms with van der Waals surface area (Å²) in [5, 5.41) is 0.0437. The number of hydrogen-bond donors (Lipinski definition) is 1. The largest absolute Gasteiger partial charge is 0.368 e. The number of rotatable bonds is 2. The van der Waals surface area contributed by atoms with E-state index < -0.39 is 17.5 Å². The molecule has 0 amide bonds. The third-order valence-corrected chi connectivity index (χ3v) is 3.11. The molecule has 0 atom stereocenters. The Bertz CT molecular complexity index is 849. The van der Waals surface area contributed by atoms with Crippen LogP contribution in [-0.4, -0.2) is 19.5 Å². The molecule has 0 aliphatic rings. The van der Waals surface area contributed by atoms with E-state index in [-0.39, 0.29) is 34.4 Å². The summed E-state index contributed by atoms with van der Waals surface area (Å²) in [6.45, 7) is -0.177. The zero-order valence-corrected chi connectivity index (χ0v) is 11.1. The first-order chi connectivity index (χ1) is 9.95. The molecular weight excluding hydrogens is 307 g/mol. The van der Waals surface area contributed by atoms with E-state index in [1.54, 1.807) is 0 Å². The SMILES string of the molecule is Nc1nc(Cl)c2ncn(Cc3cc(F)cc(F)c3F)c2n1. The van der Waals surface area contributed by atoms with Crippen LogP contribution in [0.4, 0.5) is 19.1 Å². The Kier molecular flexibility index (Phi) is 3.17. The number of anilines is 1. The third-order valence-electron chi connectivity index (χ3n) is 2.85. The van der Waals surface area contributed by atoms with Gasteiger partial charge in [-0.1, -0.05) is 11.6 Å². The second-order valence-corrected chi connectivity index (χ2v) is 4.64. The van der Waals surface area contributed by atoms with Crippen LogP contribution in [0.1, 0.15) is 5.56 Å². The molecule has 21 heavy (non-hydrogen) atoms. The lowest BCUT2D eigenvalue weighted by molar-refractivity contribution is 0.482. The minimum absolute atomic E-state index is 0.0437. The van der Waals surface area contributed by atoms with Crippen molar-refractivity contribution in [1.29, 1.82) is 0 Å². The van der Waals surface area contributed by atoms with Crippen LogP contribution in [0, 0.1) is 17.5 Å². The number of imidazole rings is 1. The second kappa shape index (κ2) is 4.88. The van der Waals surface area contributed by atoms with Gasteiger partial charge in [0.1, 0.15) is 11.3 Å². The van der Waals surface area contributed by atoms with Gasteiger partial charge in [-0.15, -0.1) is 0 Å². The molecule has 0 unspecified atom stereocenters. The number of aromatic nitrogens is 4. The van der Waals surface area contributed by atoms with Crippen LogP contribution in [0.15, 0.2) is 18.5 Å². The van der Waals surface area contributed by atoms with Crippen LogP contribution in [0.3, 0.4) is 0 Å². The minimum Gasteiger partial charge on any atom is -0.368 e. The molecule has 0 bridgehead atoms. The van der Waals surface area contributed by atoms with Gasteiger partial charge in [0.05, 0.1) is 12.9 Å². The molecule has 5 nitrogen and oxygen atoms in total. The molecule has 108 valence electrons. The van der Waals surface area contributed by atoms with Crippen molar-refractivity contribution in [3.05, 3.63) is 46.6 Å². The average molecular weight is 314 g/mol. The summed E-state index contributed by atoms with van der Waals surface area (Å²) in [4.78, 5) is 11.6. The topological polar surface area (TPSA) is 69.6 Å². The minimum atomic E-state index is -1.26. The summed E-state index contributed by atoms with van der Waals surface area (Å²) in [5.41, 5.74) is 5.82. The number of nitrogens with zero attached hydrogens (tertiary/aromatic N) is 4. The highest BCUT2D eigenvalue weighted by Crippen LogP contribution is 2.22. The molecule has 2 aromatic heterocycles. The van der Waals surface area contributed by atoms with Crippen LogP contribution in [-0.2, 0) is 6.54 Å². The van der Waals surface area contributed by atoms with Crippen molar-refractivity contribution in [1.82, 2.24) is 19.5 Å². The van der Waals surface area contributed by atoms with Crippen molar-refractivity contribution in [3.63, 3.8) is 0 Å². The lowest BCUT2D eigenvalue weighted by Crippen LogP contribution is -2.05. The highest BCUT2D eigenvalue weighted by molar-refractivity contribution is 6.33. The van der Waals surface area contributed by atoms with Gasteiger partial charge in [0.15, 0.2) is 22.4 Å². The van der Waals surface area contributed by atoms with E-state index in [1.165, 1.54) is 10.9 Å². The zero-order valence-electron chi connectivity index (χ0n) is 10.3. The zero-order chi connectivity index (χ0) is 15.1. The van der Waals surface area contributed by atoms with Gasteiger partial charge in [0.25, 0.3) is 0 Å². The van der Waals surface area contributed by atoms with Crippen LogP contribution >= 0.6 is 11.6 Å². The van der Waals surface area contributed by atoms with Crippen molar-refractivity contribution >= 4 is 28.7 Å². The van der Waals surface area contributed by atoms with Crippen molar-refractivity contribution < 1.29 is 13.2 Å². The monoisotopic (exact) mass is 313 g/mol. The molecule has 0 spiro atoms. The van der Waals surface area contributed by atoms with Crippen molar-refractivity contribution in [3.8, 4) is 0 Å². The van der Waals surface area contributed by atoms with Gasteiger partial charge in [0, 0.05) is 11.6 Å². The predicted molar refractivity (Wildman–Crippen MR) is 70.2 cm³/mol. The highest BCUT2D eigenvalue weighted by Gasteiger charge is 2.15. The predicted octanol–water partition coefficient (Wildman–Crippen LogP) is 2.53. The smallest absolute Gasteiger partial charge is 0.223 e. The van der Waals surface area contributed by atoms with E-state index in [9.17, 15) is 13.2 Å². The normalized spacial score (nSPS) is 11.2. The summed E-state index contributed by atoms with van der Waals surface area (Å²) in [6, 6.07) is 1.37. The fourth-order valence-electron chi connectivity index (χ4n) is 1.95. The van der Waals surface area contributed by atoms with Crippen LogP contribution in [0.25, 0.3) is 11.2 Å². The molecular formula is C12H7ClF3N5. The number of nitrogen functional groups attached to an aromatic ring is 1. The van der Waals surface area contributed by atoms with Gasteiger partial charge < -0.3 is 10.3 Å². The molecule has 0 aliphatic heterocycles. The Labute approximate surface area is 121 Å². The number of hydrogen-bond acceptors (Lipinski definition) is 4. The van der Waals surface area contributed by atoms with Crippen LogP contribution < -0.4 is 5.73 Å². The Hall–Kier alpha value is -2.35. The summed E-state index contributed by atoms with van der Waals surface area (Å²) in [5.74, 6) is -3.35. The standard InChI is InChI=1S/C12H7ClF3N5/c13-10-9-11(20-12(17)19-10)21(4-18-9)3-5-1-6(14)2-7(15)8(5)16/h1-2,4H,3H2,(H2,17,19,20). The van der Waals surface area contributed by atoms with Crippen molar-refractivity contribution in [2.45, 2.75) is 6.54 Å². The number of fused-ring (bicyclic) bond motifs is 1. The Morgan fingerprint density at radius 2 is 1.95 bits per heavy atom. The van der Waals surface area contributed by atoms with Crippen molar-refractivity contribution in [2.75, 3.05) is 5.73 Å². The maximum absolute atomic E-state index is 13.7. The molecule has 0 aliphatic carbocycles. The lowest BCUT2D eigenvalue weighted by atomic mass is 10.2. The fourth-order valence-corrected chi connectivity index (χ4v) is 2.17. The molecule has 0 fully saturated rings. The molecule has 3 aromatic rings. The average Bonchev–Trinajstić information content (AvgIpc) is 2.79. The van der Waals surface area contributed by atoms with Crippen LogP contribution in [0.2, 0.25) is 5.15 Å². The highest BCUT2D eigenvalue weighted by atomic mass is 35.5. The van der Waals surface area contributed by atoms with E-state index in [4.69, 9.17) is 17.3 Å². The first-order valence-corrected chi connectivity index (χ1v) is 6.11. The molecule has 0 radical (unpaired) electrons. The van der Waals surface area contributed by atoms with Gasteiger partial charge in [-0.2, -0.15) is 9.97 Å². The summed E-state index contributed by atoms with van der Waals surface area (Å²) >= 11 is 5.86. The van der Waals surface area contributed by atoms with E-state index in [0.29, 0.717) is 6.07 Å². The van der Waals surface area contributed by atoms with Gasteiger partial charge in [-0.05, 0) is 6.07 Å². The van der Waals surface area contributed by atoms with E-state index in [1.807, 2.05) is 0 Å². The fraction of sp³-hybridized carbons (Fsp3) is 0.0833. The first kappa shape index (κ1) is 13.6.